The zero-order chi connectivity index (χ0) is 15.7. The molecule has 1 aromatic carbocycles. The number of hydrogen-bond donors (Lipinski definition) is 2. The largest absolute Gasteiger partial charge is 0.508 e. The highest BCUT2D eigenvalue weighted by Crippen LogP contribution is 2.25. The van der Waals surface area contributed by atoms with Crippen LogP contribution in [0.2, 0.25) is 5.02 Å². The zero-order valence-electron chi connectivity index (χ0n) is 12.1. The molecule has 2 N–H and O–H groups in total. The van der Waals surface area contributed by atoms with Crippen LogP contribution in [-0.4, -0.2) is 32.8 Å². The Kier molecular flexibility index (Phi) is 4.42. The minimum atomic E-state index is -0.0594. The molecule has 5 nitrogen and oxygen atoms in total. The van der Waals surface area contributed by atoms with Gasteiger partial charge in [-0.15, -0.1) is 0 Å². The lowest BCUT2D eigenvalue weighted by atomic mass is 10.1. The molecule has 0 fully saturated rings. The Morgan fingerprint density at radius 3 is 3.05 bits per heavy atom. The van der Waals surface area contributed by atoms with E-state index in [0.717, 1.165) is 29.8 Å². The Morgan fingerprint density at radius 2 is 2.32 bits per heavy atom. The first-order valence-corrected chi connectivity index (χ1v) is 8.53. The fourth-order valence-corrected chi connectivity index (χ4v) is 3.23. The highest BCUT2D eigenvalue weighted by Gasteiger charge is 2.21. The summed E-state index contributed by atoms with van der Waals surface area (Å²) in [7, 11) is 0. The molecule has 0 saturated carbocycles. The summed E-state index contributed by atoms with van der Waals surface area (Å²) in [6, 6.07) is 4.97. The number of aromatic nitrogens is 2. The van der Waals surface area contributed by atoms with E-state index in [-0.39, 0.29) is 11.3 Å². The second-order valence-electron chi connectivity index (χ2n) is 5.24. The lowest BCUT2D eigenvalue weighted by molar-refractivity contribution is 0.241. The first kappa shape index (κ1) is 15.4. The summed E-state index contributed by atoms with van der Waals surface area (Å²) in [5.74, 6) is 0.156. The van der Waals surface area contributed by atoms with Crippen LogP contribution in [0.5, 0.6) is 5.75 Å². The molecule has 2 aromatic rings. The van der Waals surface area contributed by atoms with Crippen molar-refractivity contribution in [3.63, 3.8) is 0 Å². The van der Waals surface area contributed by atoms with Crippen molar-refractivity contribution in [3.05, 3.63) is 50.4 Å². The fraction of sp³-hybridized carbons (Fsp3) is 0.333. The number of rotatable bonds is 3. The molecule has 0 spiro atoms. The summed E-state index contributed by atoms with van der Waals surface area (Å²) in [6.07, 6.45) is 2.65. The monoisotopic (exact) mass is 337 g/mol. The summed E-state index contributed by atoms with van der Waals surface area (Å²) in [5.41, 5.74) is 2.50. The topological polar surface area (TPSA) is 69.2 Å². The number of fused-ring (bicyclic) bond motifs is 1. The van der Waals surface area contributed by atoms with E-state index < -0.39 is 0 Å². The third kappa shape index (κ3) is 3.14. The molecule has 0 atom stereocenters. The van der Waals surface area contributed by atoms with Crippen molar-refractivity contribution in [2.45, 2.75) is 24.7 Å². The number of aromatic amines is 1. The quantitative estimate of drug-likeness (QED) is 0.665. The van der Waals surface area contributed by atoms with Crippen LogP contribution >= 0.6 is 23.4 Å². The minimum Gasteiger partial charge on any atom is -0.508 e. The van der Waals surface area contributed by atoms with Gasteiger partial charge in [-0.3, -0.25) is 9.69 Å². The lowest BCUT2D eigenvalue weighted by Gasteiger charge is -2.27. The number of phenols is 1. The molecule has 0 aliphatic carbocycles. The molecule has 0 amide bonds. The van der Waals surface area contributed by atoms with Gasteiger partial charge >= 0.3 is 0 Å². The van der Waals surface area contributed by atoms with Gasteiger partial charge in [0.05, 0.1) is 11.3 Å². The second kappa shape index (κ2) is 6.32. The summed E-state index contributed by atoms with van der Waals surface area (Å²) >= 11 is 7.59. The van der Waals surface area contributed by atoms with Crippen molar-refractivity contribution in [3.8, 4) is 5.75 Å². The SMILES string of the molecule is CSc1nc2c(c(=O)[nH]1)CN(Cc1ccc(O)cc1Cl)CC2. The van der Waals surface area contributed by atoms with Crippen LogP contribution < -0.4 is 5.56 Å². The first-order chi connectivity index (χ1) is 10.6. The van der Waals surface area contributed by atoms with E-state index in [2.05, 4.69) is 14.9 Å². The highest BCUT2D eigenvalue weighted by molar-refractivity contribution is 7.98. The molecule has 1 aliphatic rings. The standard InChI is InChI=1S/C15H16ClN3O2S/c1-22-15-17-13-4-5-19(8-11(13)14(21)18-15)7-9-2-3-10(20)6-12(9)16/h2-3,6,20H,4-5,7-8H2,1H3,(H,17,18,21). The summed E-state index contributed by atoms with van der Waals surface area (Å²) in [6.45, 7) is 2.03. The van der Waals surface area contributed by atoms with Crippen LogP contribution in [0.1, 0.15) is 16.8 Å². The molecule has 0 bridgehead atoms. The van der Waals surface area contributed by atoms with Gasteiger partial charge in [-0.25, -0.2) is 4.98 Å². The van der Waals surface area contributed by atoms with E-state index in [1.807, 2.05) is 12.3 Å². The number of aromatic hydroxyl groups is 1. The molecular formula is C15H16ClN3O2S. The number of benzene rings is 1. The average Bonchev–Trinajstić information content (AvgIpc) is 2.50. The van der Waals surface area contributed by atoms with Crippen molar-refractivity contribution in [1.82, 2.24) is 14.9 Å². The fourth-order valence-electron chi connectivity index (χ4n) is 2.60. The van der Waals surface area contributed by atoms with Crippen LogP contribution in [0, 0.1) is 0 Å². The predicted octanol–water partition coefficient (Wildman–Crippen LogP) is 2.41. The van der Waals surface area contributed by atoms with Crippen molar-refractivity contribution >= 4 is 23.4 Å². The van der Waals surface area contributed by atoms with Crippen molar-refractivity contribution in [2.75, 3.05) is 12.8 Å². The van der Waals surface area contributed by atoms with Crippen LogP contribution in [-0.2, 0) is 19.5 Å². The number of halogens is 1. The van der Waals surface area contributed by atoms with Crippen LogP contribution in [0.3, 0.4) is 0 Å². The molecule has 22 heavy (non-hydrogen) atoms. The summed E-state index contributed by atoms with van der Waals surface area (Å²) in [4.78, 5) is 21.6. The number of thioether (sulfide) groups is 1. The smallest absolute Gasteiger partial charge is 0.256 e. The average molecular weight is 338 g/mol. The molecule has 0 saturated heterocycles. The summed E-state index contributed by atoms with van der Waals surface area (Å²) in [5, 5.41) is 10.6. The molecule has 1 aliphatic heterocycles. The van der Waals surface area contributed by atoms with E-state index >= 15 is 0 Å². The highest BCUT2D eigenvalue weighted by atomic mass is 35.5. The Labute approximate surface area is 137 Å². The maximum Gasteiger partial charge on any atom is 0.256 e. The Morgan fingerprint density at radius 1 is 1.50 bits per heavy atom. The number of H-pyrrole nitrogens is 1. The van der Waals surface area contributed by atoms with Gasteiger partial charge < -0.3 is 10.1 Å². The van der Waals surface area contributed by atoms with E-state index in [1.54, 1.807) is 6.07 Å². The number of phenolic OH excluding ortho intramolecular Hbond substituents is 1. The van der Waals surface area contributed by atoms with Gasteiger partial charge in [0.2, 0.25) is 0 Å². The molecule has 116 valence electrons. The van der Waals surface area contributed by atoms with E-state index in [4.69, 9.17) is 11.6 Å². The lowest BCUT2D eigenvalue weighted by Crippen LogP contribution is -2.35. The van der Waals surface area contributed by atoms with Crippen molar-refractivity contribution in [1.29, 1.82) is 0 Å². The Bertz CT molecular complexity index is 763. The molecule has 1 aromatic heterocycles. The van der Waals surface area contributed by atoms with Crippen LogP contribution in [0.25, 0.3) is 0 Å². The molecule has 3 rings (SSSR count). The van der Waals surface area contributed by atoms with Crippen molar-refractivity contribution < 1.29 is 5.11 Å². The molecule has 7 heteroatoms. The maximum atomic E-state index is 12.2. The third-order valence-corrected chi connectivity index (χ3v) is 4.68. The molecule has 2 heterocycles. The molecule has 0 radical (unpaired) electrons. The van der Waals surface area contributed by atoms with Gasteiger partial charge in [-0.05, 0) is 24.0 Å². The van der Waals surface area contributed by atoms with E-state index in [1.165, 1.54) is 17.8 Å². The number of nitrogens with zero attached hydrogens (tertiary/aromatic N) is 2. The van der Waals surface area contributed by atoms with Gasteiger partial charge in [-0.1, -0.05) is 29.4 Å². The van der Waals surface area contributed by atoms with E-state index in [9.17, 15) is 9.90 Å². The maximum absolute atomic E-state index is 12.2. The number of hydrogen-bond acceptors (Lipinski definition) is 5. The van der Waals surface area contributed by atoms with Crippen LogP contribution in [0.4, 0.5) is 0 Å². The number of nitrogens with one attached hydrogen (secondary N) is 1. The normalized spacial score (nSPS) is 14.8. The summed E-state index contributed by atoms with van der Waals surface area (Å²) < 4.78 is 0. The molecule has 0 unspecified atom stereocenters. The van der Waals surface area contributed by atoms with Gasteiger partial charge in [0.1, 0.15) is 5.75 Å². The van der Waals surface area contributed by atoms with Crippen LogP contribution in [0.15, 0.2) is 28.2 Å². The first-order valence-electron chi connectivity index (χ1n) is 6.92. The molecular weight excluding hydrogens is 322 g/mol. The van der Waals surface area contributed by atoms with Gasteiger partial charge in [-0.2, -0.15) is 0 Å². The third-order valence-electron chi connectivity index (χ3n) is 3.75. The van der Waals surface area contributed by atoms with Crippen molar-refractivity contribution in [2.24, 2.45) is 0 Å². The second-order valence-corrected chi connectivity index (χ2v) is 6.44. The predicted molar refractivity (Wildman–Crippen MR) is 87.6 cm³/mol. The van der Waals surface area contributed by atoms with Gasteiger partial charge in [0.25, 0.3) is 5.56 Å². The Balaban J connectivity index is 1.81. The van der Waals surface area contributed by atoms with Gasteiger partial charge in [0, 0.05) is 31.1 Å². The van der Waals surface area contributed by atoms with Gasteiger partial charge in [0.15, 0.2) is 5.16 Å². The van der Waals surface area contributed by atoms with E-state index in [0.29, 0.717) is 23.3 Å². The Hall–Kier alpha value is -1.50. The zero-order valence-corrected chi connectivity index (χ0v) is 13.7. The minimum absolute atomic E-state index is 0.0594.